The van der Waals surface area contributed by atoms with Crippen LogP contribution >= 0.6 is 0 Å². The number of hydrogen-bond donors (Lipinski definition) is 0. The van der Waals surface area contributed by atoms with Gasteiger partial charge in [-0.1, -0.05) is 12.1 Å². The number of halogens is 1. The van der Waals surface area contributed by atoms with E-state index in [4.69, 9.17) is 0 Å². The van der Waals surface area contributed by atoms with Crippen molar-refractivity contribution < 1.29 is 9.18 Å². The van der Waals surface area contributed by atoms with Crippen LogP contribution < -0.4 is 0 Å². The van der Waals surface area contributed by atoms with Crippen LogP contribution in [0.25, 0.3) is 11.3 Å². The largest absolute Gasteiger partial charge is 0.296 e. The van der Waals surface area contributed by atoms with Crippen molar-refractivity contribution in [3.8, 4) is 11.3 Å². The highest BCUT2D eigenvalue weighted by atomic mass is 19.1. The quantitative estimate of drug-likeness (QED) is 0.701. The van der Waals surface area contributed by atoms with Gasteiger partial charge in [0, 0.05) is 12.6 Å². The molecule has 0 amide bonds. The molecule has 1 heterocycles. The molecular weight excluding hydrogens is 195 g/mol. The molecule has 1 aromatic carbocycles. The van der Waals surface area contributed by atoms with E-state index in [1.807, 2.05) is 0 Å². The molecule has 2 rings (SSSR count). The summed E-state index contributed by atoms with van der Waals surface area (Å²) in [6.07, 6.45) is 0.643. The summed E-state index contributed by atoms with van der Waals surface area (Å²) in [4.78, 5) is 10.5. The van der Waals surface area contributed by atoms with Gasteiger partial charge in [-0.05, 0) is 18.2 Å². The smallest absolute Gasteiger partial charge is 0.170 e. The minimum Gasteiger partial charge on any atom is -0.296 e. The predicted molar refractivity (Wildman–Crippen MR) is 54.0 cm³/mol. The van der Waals surface area contributed by atoms with Gasteiger partial charge in [-0.25, -0.2) is 4.39 Å². The van der Waals surface area contributed by atoms with Gasteiger partial charge >= 0.3 is 0 Å². The van der Waals surface area contributed by atoms with E-state index in [0.29, 0.717) is 23.2 Å². The number of aromatic nitrogens is 2. The second-order valence-corrected chi connectivity index (χ2v) is 3.18. The van der Waals surface area contributed by atoms with Crippen molar-refractivity contribution in [2.24, 2.45) is 7.05 Å². The Bertz CT molecular complexity index is 505. The van der Waals surface area contributed by atoms with Crippen LogP contribution in [0, 0.1) is 5.82 Å². The Labute approximate surface area is 86.2 Å². The minimum atomic E-state index is -0.321. The Kier molecular flexibility index (Phi) is 2.33. The first-order valence-corrected chi connectivity index (χ1v) is 4.46. The number of carbonyl (C=O) groups excluding carboxylic acids is 1. The molecule has 0 aliphatic rings. The monoisotopic (exact) mass is 204 g/mol. The topological polar surface area (TPSA) is 34.9 Å². The van der Waals surface area contributed by atoms with E-state index < -0.39 is 0 Å². The molecule has 0 aliphatic heterocycles. The third-order valence-corrected chi connectivity index (χ3v) is 2.17. The summed E-state index contributed by atoms with van der Waals surface area (Å²) in [6.45, 7) is 0. The van der Waals surface area contributed by atoms with Crippen LogP contribution in [0.1, 0.15) is 10.5 Å². The zero-order valence-electron chi connectivity index (χ0n) is 8.14. The van der Waals surface area contributed by atoms with Gasteiger partial charge in [0.15, 0.2) is 6.29 Å². The second-order valence-electron chi connectivity index (χ2n) is 3.18. The van der Waals surface area contributed by atoms with E-state index in [1.54, 1.807) is 31.3 Å². The van der Waals surface area contributed by atoms with E-state index in [-0.39, 0.29) is 5.82 Å². The Balaban J connectivity index is 2.58. The lowest BCUT2D eigenvalue weighted by atomic mass is 10.1. The van der Waals surface area contributed by atoms with E-state index in [0.717, 1.165) is 0 Å². The summed E-state index contributed by atoms with van der Waals surface area (Å²) in [5, 5.41) is 3.93. The van der Waals surface area contributed by atoms with Crippen molar-refractivity contribution in [3.63, 3.8) is 0 Å². The van der Waals surface area contributed by atoms with Gasteiger partial charge in [0.25, 0.3) is 0 Å². The maximum Gasteiger partial charge on any atom is 0.170 e. The van der Waals surface area contributed by atoms with Crippen LogP contribution in [0.15, 0.2) is 30.3 Å². The molecule has 0 aliphatic carbocycles. The Morgan fingerprint density at radius 1 is 1.40 bits per heavy atom. The molecule has 0 unspecified atom stereocenters. The zero-order chi connectivity index (χ0) is 10.8. The van der Waals surface area contributed by atoms with Crippen molar-refractivity contribution in [1.29, 1.82) is 0 Å². The first-order chi connectivity index (χ1) is 7.22. The summed E-state index contributed by atoms with van der Waals surface area (Å²) in [5.74, 6) is -0.321. The fraction of sp³-hybridized carbons (Fsp3) is 0.0909. The van der Waals surface area contributed by atoms with Crippen LogP contribution in [0.2, 0.25) is 0 Å². The number of aldehydes is 1. The lowest BCUT2D eigenvalue weighted by Gasteiger charge is -2.02. The molecular formula is C11H9FN2O. The molecule has 1 aromatic heterocycles. The van der Waals surface area contributed by atoms with Gasteiger partial charge in [-0.3, -0.25) is 9.48 Å². The zero-order valence-corrected chi connectivity index (χ0v) is 8.14. The lowest BCUT2D eigenvalue weighted by Crippen LogP contribution is -1.95. The SMILES string of the molecule is Cn1nc(C=O)cc1-c1ccccc1F. The normalized spacial score (nSPS) is 10.3. The van der Waals surface area contributed by atoms with Crippen molar-refractivity contribution in [3.05, 3.63) is 41.8 Å². The molecule has 4 heteroatoms. The molecule has 0 bridgehead atoms. The highest BCUT2D eigenvalue weighted by Crippen LogP contribution is 2.22. The average molecular weight is 204 g/mol. The van der Waals surface area contributed by atoms with Gasteiger partial charge in [-0.15, -0.1) is 0 Å². The van der Waals surface area contributed by atoms with Crippen molar-refractivity contribution in [1.82, 2.24) is 9.78 Å². The second kappa shape index (κ2) is 3.65. The van der Waals surface area contributed by atoms with E-state index in [9.17, 15) is 9.18 Å². The Morgan fingerprint density at radius 2 is 2.13 bits per heavy atom. The summed E-state index contributed by atoms with van der Waals surface area (Å²) in [5.41, 5.74) is 1.34. The standard InChI is InChI=1S/C11H9FN2O/c1-14-11(6-8(7-15)13-14)9-4-2-3-5-10(9)12/h2-7H,1H3. The van der Waals surface area contributed by atoms with E-state index in [2.05, 4.69) is 5.10 Å². The number of benzene rings is 1. The molecule has 76 valence electrons. The third-order valence-electron chi connectivity index (χ3n) is 2.17. The maximum atomic E-state index is 13.4. The third kappa shape index (κ3) is 1.66. The van der Waals surface area contributed by atoms with Crippen LogP contribution in [-0.4, -0.2) is 16.1 Å². The van der Waals surface area contributed by atoms with Crippen molar-refractivity contribution in [2.45, 2.75) is 0 Å². The van der Waals surface area contributed by atoms with Crippen LogP contribution in [0.3, 0.4) is 0 Å². The maximum absolute atomic E-state index is 13.4. The summed E-state index contributed by atoms with van der Waals surface area (Å²) < 4.78 is 14.9. The van der Waals surface area contributed by atoms with Gasteiger partial charge in [-0.2, -0.15) is 5.10 Å². The fourth-order valence-corrected chi connectivity index (χ4v) is 1.47. The molecule has 0 fully saturated rings. The van der Waals surface area contributed by atoms with Gasteiger partial charge in [0.2, 0.25) is 0 Å². The molecule has 0 spiro atoms. The van der Waals surface area contributed by atoms with Crippen LogP contribution in [-0.2, 0) is 7.05 Å². The Hall–Kier alpha value is -1.97. The fourth-order valence-electron chi connectivity index (χ4n) is 1.47. The van der Waals surface area contributed by atoms with Gasteiger partial charge < -0.3 is 0 Å². The lowest BCUT2D eigenvalue weighted by molar-refractivity contribution is 0.111. The predicted octanol–water partition coefficient (Wildman–Crippen LogP) is 2.04. The molecule has 0 radical (unpaired) electrons. The first-order valence-electron chi connectivity index (χ1n) is 4.46. The highest BCUT2D eigenvalue weighted by molar-refractivity contribution is 5.75. The van der Waals surface area contributed by atoms with Crippen LogP contribution in [0.4, 0.5) is 4.39 Å². The molecule has 15 heavy (non-hydrogen) atoms. The highest BCUT2D eigenvalue weighted by Gasteiger charge is 2.10. The van der Waals surface area contributed by atoms with Crippen molar-refractivity contribution in [2.75, 3.05) is 0 Å². The molecule has 0 saturated carbocycles. The van der Waals surface area contributed by atoms with Crippen LogP contribution in [0.5, 0.6) is 0 Å². The number of aryl methyl sites for hydroxylation is 1. The molecule has 0 atom stereocenters. The number of nitrogens with zero attached hydrogens (tertiary/aromatic N) is 2. The van der Waals surface area contributed by atoms with E-state index >= 15 is 0 Å². The van der Waals surface area contributed by atoms with E-state index in [1.165, 1.54) is 10.7 Å². The summed E-state index contributed by atoms with van der Waals surface area (Å²) >= 11 is 0. The Morgan fingerprint density at radius 3 is 2.73 bits per heavy atom. The van der Waals surface area contributed by atoms with Gasteiger partial charge in [0.05, 0.1) is 5.69 Å². The molecule has 2 aromatic rings. The van der Waals surface area contributed by atoms with Gasteiger partial charge in [0.1, 0.15) is 11.5 Å². The average Bonchev–Trinajstić information content (AvgIpc) is 2.60. The molecule has 0 saturated heterocycles. The summed E-state index contributed by atoms with van der Waals surface area (Å²) in [7, 11) is 1.68. The summed E-state index contributed by atoms with van der Waals surface area (Å²) in [6, 6.07) is 7.96. The molecule has 0 N–H and O–H groups in total. The van der Waals surface area contributed by atoms with Crippen molar-refractivity contribution >= 4 is 6.29 Å². The number of carbonyl (C=O) groups is 1. The molecule has 3 nitrogen and oxygen atoms in total. The minimum absolute atomic E-state index is 0.302. The number of rotatable bonds is 2. The number of hydrogen-bond acceptors (Lipinski definition) is 2. The first kappa shape index (κ1) is 9.58.